The summed E-state index contributed by atoms with van der Waals surface area (Å²) in [6.07, 6.45) is 14.2. The first-order valence-electron chi connectivity index (χ1n) is 14.9. The van der Waals surface area contributed by atoms with Gasteiger partial charge in [0.05, 0.1) is 31.8 Å². The van der Waals surface area contributed by atoms with Crippen LogP contribution in [-0.4, -0.2) is 64.3 Å². The summed E-state index contributed by atoms with van der Waals surface area (Å²) in [6, 6.07) is 0. The van der Waals surface area contributed by atoms with E-state index in [1.165, 1.54) is 0 Å². The predicted molar refractivity (Wildman–Crippen MR) is 158 cm³/mol. The van der Waals surface area contributed by atoms with Crippen LogP contribution in [0.4, 0.5) is 0 Å². The summed E-state index contributed by atoms with van der Waals surface area (Å²) < 4.78 is 78.0. The van der Waals surface area contributed by atoms with Crippen molar-refractivity contribution in [3.05, 3.63) is 12.2 Å². The topological polar surface area (TPSA) is 180 Å². The summed E-state index contributed by atoms with van der Waals surface area (Å²) in [5.74, 6) is -0.886. The van der Waals surface area contributed by atoms with Gasteiger partial charge in [-0.05, 0) is 46.0 Å². The Hall–Kier alpha value is -1.58. The Morgan fingerprint density at radius 3 is 1.24 bits per heavy atom. The Balaban J connectivity index is 3.78. The van der Waals surface area contributed by atoms with Gasteiger partial charge in [0, 0.05) is 5.57 Å². The van der Waals surface area contributed by atoms with Crippen molar-refractivity contribution in [2.75, 3.05) is 26.4 Å². The highest BCUT2D eigenvalue weighted by Crippen LogP contribution is 2.27. The fourth-order valence-electron chi connectivity index (χ4n) is 4.16. The van der Waals surface area contributed by atoms with Crippen molar-refractivity contribution >= 4 is 32.7 Å². The number of esters is 2. The fraction of sp³-hybridized carbons (Fsp3) is 0.857. The molecule has 0 spiro atoms. The number of ether oxygens (including phenoxy) is 2. The quantitative estimate of drug-likeness (QED) is 0.0444. The van der Waals surface area contributed by atoms with Crippen molar-refractivity contribution in [1.29, 1.82) is 0 Å². The molecule has 0 aliphatic heterocycles. The molecule has 0 fully saturated rings. The molecule has 0 atom stereocenters. The molecule has 0 unspecified atom stereocenters. The summed E-state index contributed by atoms with van der Waals surface area (Å²) in [7, 11) is -8.70. The molecule has 42 heavy (non-hydrogen) atoms. The third-order valence-corrected chi connectivity index (χ3v) is 7.43. The lowest BCUT2D eigenvalue weighted by atomic mass is 9.86. The Kier molecular flexibility index (Phi) is 22.0. The average Bonchev–Trinajstić information content (AvgIpc) is 2.88. The second kappa shape index (κ2) is 22.9. The number of hydrogen-bond donors (Lipinski definition) is 2. The highest BCUT2D eigenvalue weighted by atomic mass is 32.3. The molecule has 0 aliphatic carbocycles. The summed E-state index contributed by atoms with van der Waals surface area (Å²) in [4.78, 5) is 24.8. The Morgan fingerprint density at radius 2 is 0.881 bits per heavy atom. The molecule has 0 heterocycles. The zero-order valence-corrected chi connectivity index (χ0v) is 27.0. The first kappa shape index (κ1) is 40.4. The molecule has 0 saturated carbocycles. The van der Waals surface area contributed by atoms with Crippen LogP contribution in [0.25, 0.3) is 0 Å². The van der Waals surface area contributed by atoms with E-state index >= 15 is 0 Å². The van der Waals surface area contributed by atoms with Crippen molar-refractivity contribution in [2.45, 2.75) is 123 Å². The van der Waals surface area contributed by atoms with Gasteiger partial charge in [-0.25, -0.2) is 13.2 Å². The lowest BCUT2D eigenvalue weighted by molar-refractivity contribution is -0.154. The van der Waals surface area contributed by atoms with Crippen LogP contribution in [0.2, 0.25) is 0 Å². The summed E-state index contributed by atoms with van der Waals surface area (Å²) in [5.41, 5.74) is -0.660. The van der Waals surface area contributed by atoms with Crippen LogP contribution < -0.4 is 0 Å². The van der Waals surface area contributed by atoms with Crippen LogP contribution in [0, 0.1) is 5.41 Å². The van der Waals surface area contributed by atoms with Crippen molar-refractivity contribution < 1.29 is 53.4 Å². The molecule has 0 radical (unpaired) electrons. The molecule has 0 aliphatic rings. The normalized spacial score (nSPS) is 12.3. The second-order valence-electron chi connectivity index (χ2n) is 11.1. The molecule has 0 aromatic rings. The van der Waals surface area contributed by atoms with Crippen LogP contribution in [0.15, 0.2) is 12.2 Å². The smallest absolute Gasteiger partial charge is 0.397 e. The largest absolute Gasteiger partial charge is 0.465 e. The van der Waals surface area contributed by atoms with E-state index in [0.717, 1.165) is 89.9 Å². The number of carbonyl (C=O) groups is 2. The van der Waals surface area contributed by atoms with Gasteiger partial charge >= 0.3 is 32.7 Å². The lowest BCUT2D eigenvalue weighted by Gasteiger charge is -2.23. The third-order valence-electron chi connectivity index (χ3n) is 6.50. The van der Waals surface area contributed by atoms with Crippen molar-refractivity contribution in [2.24, 2.45) is 5.41 Å². The van der Waals surface area contributed by atoms with Crippen LogP contribution >= 0.6 is 0 Å². The average molecular weight is 645 g/mol. The standard InChI is InChI=1S/C28H52O12S2/c1-25(26(29)37-20-16-12-8-4-6-10-14-18-22-39-41(31,32)33)24-28(2,3)27(30)38-21-17-13-9-5-7-11-15-19-23-40-42(34,35)36/h1,4-24H2,2-3H3,(H,31,32,33)(H,34,35,36). The molecule has 2 N–H and O–H groups in total. The molecule has 0 aromatic heterocycles. The molecule has 0 aromatic carbocycles. The minimum absolute atomic E-state index is 0.0101. The van der Waals surface area contributed by atoms with Gasteiger partial charge in [-0.3, -0.25) is 13.9 Å². The Labute approximate surface area is 252 Å². The van der Waals surface area contributed by atoms with Gasteiger partial charge in [0.2, 0.25) is 0 Å². The van der Waals surface area contributed by atoms with Gasteiger partial charge in [-0.15, -0.1) is 0 Å². The van der Waals surface area contributed by atoms with E-state index in [0.29, 0.717) is 19.4 Å². The van der Waals surface area contributed by atoms with Gasteiger partial charge in [0.25, 0.3) is 0 Å². The molecular formula is C28H52O12S2. The number of unbranched alkanes of at least 4 members (excludes halogenated alkanes) is 14. The summed E-state index contributed by atoms with van der Waals surface area (Å²) in [6.45, 7) is 7.81. The van der Waals surface area contributed by atoms with Crippen LogP contribution in [-0.2, 0) is 48.2 Å². The lowest BCUT2D eigenvalue weighted by Crippen LogP contribution is -2.29. The highest BCUT2D eigenvalue weighted by Gasteiger charge is 2.32. The maximum atomic E-state index is 12.5. The minimum atomic E-state index is -4.35. The van der Waals surface area contributed by atoms with Crippen molar-refractivity contribution in [3.8, 4) is 0 Å². The number of hydrogen-bond acceptors (Lipinski definition) is 10. The molecule has 0 saturated heterocycles. The van der Waals surface area contributed by atoms with Crippen LogP contribution in [0.3, 0.4) is 0 Å². The third kappa shape index (κ3) is 26.1. The summed E-state index contributed by atoms with van der Waals surface area (Å²) in [5, 5.41) is 0. The molecule has 12 nitrogen and oxygen atoms in total. The van der Waals surface area contributed by atoms with Crippen LogP contribution in [0.5, 0.6) is 0 Å². The SMILES string of the molecule is C=C(CC(C)(C)C(=O)OCCCCCCCCCCOS(=O)(=O)O)C(=O)OCCCCCCCCCCOS(=O)(=O)O. The highest BCUT2D eigenvalue weighted by molar-refractivity contribution is 7.81. The zero-order chi connectivity index (χ0) is 31.9. The van der Waals surface area contributed by atoms with E-state index in [9.17, 15) is 26.4 Å². The predicted octanol–water partition coefficient (Wildman–Crippen LogP) is 5.93. The van der Waals surface area contributed by atoms with Gasteiger partial charge in [-0.1, -0.05) is 83.6 Å². The van der Waals surface area contributed by atoms with E-state index in [-0.39, 0.29) is 37.8 Å². The minimum Gasteiger partial charge on any atom is -0.465 e. The first-order chi connectivity index (χ1) is 19.6. The van der Waals surface area contributed by atoms with Gasteiger partial charge in [0.15, 0.2) is 0 Å². The monoisotopic (exact) mass is 644 g/mol. The van der Waals surface area contributed by atoms with Crippen LogP contribution in [0.1, 0.15) is 123 Å². The Bertz CT molecular complexity index is 975. The molecule has 0 rings (SSSR count). The van der Waals surface area contributed by atoms with Gasteiger partial charge < -0.3 is 9.47 Å². The van der Waals surface area contributed by atoms with E-state index in [4.69, 9.17) is 18.6 Å². The van der Waals surface area contributed by atoms with E-state index in [1.54, 1.807) is 13.8 Å². The number of rotatable bonds is 28. The van der Waals surface area contributed by atoms with Gasteiger partial charge in [-0.2, -0.15) is 16.8 Å². The van der Waals surface area contributed by atoms with E-state index in [2.05, 4.69) is 14.9 Å². The molecular weight excluding hydrogens is 592 g/mol. The Morgan fingerprint density at radius 1 is 0.571 bits per heavy atom. The van der Waals surface area contributed by atoms with Crippen molar-refractivity contribution in [1.82, 2.24) is 0 Å². The van der Waals surface area contributed by atoms with E-state index < -0.39 is 32.2 Å². The molecule has 14 heteroatoms. The zero-order valence-electron chi connectivity index (χ0n) is 25.3. The maximum Gasteiger partial charge on any atom is 0.397 e. The second-order valence-corrected chi connectivity index (χ2v) is 13.3. The number of carbonyl (C=O) groups excluding carboxylic acids is 2. The molecule has 0 amide bonds. The fourth-order valence-corrected chi connectivity index (χ4v) is 4.82. The maximum absolute atomic E-state index is 12.5. The van der Waals surface area contributed by atoms with Gasteiger partial charge in [0.1, 0.15) is 0 Å². The van der Waals surface area contributed by atoms with E-state index in [1.807, 2.05) is 0 Å². The summed E-state index contributed by atoms with van der Waals surface area (Å²) >= 11 is 0. The molecule has 0 bridgehead atoms. The first-order valence-corrected chi connectivity index (χ1v) is 17.6. The van der Waals surface area contributed by atoms with Crippen molar-refractivity contribution in [3.63, 3.8) is 0 Å². The molecule has 248 valence electrons.